The van der Waals surface area contributed by atoms with Gasteiger partial charge in [-0.1, -0.05) is 0 Å². The number of hydrogen-bond acceptors (Lipinski definition) is 6. The second-order valence-electron chi connectivity index (χ2n) is 8.12. The molecule has 1 fully saturated rings. The summed E-state index contributed by atoms with van der Waals surface area (Å²) in [6.07, 6.45) is 3.22. The zero-order valence-electron chi connectivity index (χ0n) is 17.8. The number of amides is 1. The number of anilines is 1. The van der Waals surface area contributed by atoms with E-state index >= 15 is 0 Å². The maximum Gasteiger partial charge on any atom is 0.224 e. The summed E-state index contributed by atoms with van der Waals surface area (Å²) in [4.78, 5) is 17.2. The molecule has 1 amide bonds. The number of aryl methyl sites for hydroxylation is 3. The van der Waals surface area contributed by atoms with Crippen molar-refractivity contribution >= 4 is 17.2 Å². The number of aromatic nitrogens is 7. The van der Waals surface area contributed by atoms with Crippen LogP contribution in [-0.4, -0.2) is 40.7 Å². The van der Waals surface area contributed by atoms with E-state index < -0.39 is 0 Å². The normalized spacial score (nSPS) is 13.6. The molecule has 0 atom stereocenters. The standard InChI is InChI=1S/C22H24N8O/c1-13-12-20-23-14(2)19(15(3)29(20)26-13)10-11-21(31)24-17-6-4-16(5-7-17)22-25-27-28-30(22)18-8-9-18/h4-7,12,18H,8-11H2,1-3H3,(H,24,31). The van der Waals surface area contributed by atoms with E-state index in [2.05, 4.69) is 30.9 Å². The molecule has 0 spiro atoms. The minimum absolute atomic E-state index is 0.0360. The van der Waals surface area contributed by atoms with Gasteiger partial charge in [0, 0.05) is 35.1 Å². The molecule has 0 bridgehead atoms. The average molecular weight is 416 g/mol. The fourth-order valence-corrected chi connectivity index (χ4v) is 3.92. The van der Waals surface area contributed by atoms with Crippen molar-refractivity contribution in [3.8, 4) is 11.4 Å². The van der Waals surface area contributed by atoms with Crippen molar-refractivity contribution in [2.75, 3.05) is 5.32 Å². The second-order valence-corrected chi connectivity index (χ2v) is 8.12. The minimum Gasteiger partial charge on any atom is -0.326 e. The molecule has 1 saturated carbocycles. The van der Waals surface area contributed by atoms with Gasteiger partial charge in [0.25, 0.3) is 0 Å². The van der Waals surface area contributed by atoms with E-state index in [-0.39, 0.29) is 5.91 Å². The molecule has 4 aromatic rings. The van der Waals surface area contributed by atoms with Gasteiger partial charge in [0.15, 0.2) is 11.5 Å². The second kappa shape index (κ2) is 7.57. The van der Waals surface area contributed by atoms with Gasteiger partial charge in [-0.2, -0.15) is 5.10 Å². The number of hydrogen-bond donors (Lipinski definition) is 1. The predicted molar refractivity (Wildman–Crippen MR) is 116 cm³/mol. The monoisotopic (exact) mass is 416 g/mol. The summed E-state index contributed by atoms with van der Waals surface area (Å²) in [5.74, 6) is 0.731. The number of rotatable bonds is 6. The first-order chi connectivity index (χ1) is 15.0. The molecule has 9 heteroatoms. The van der Waals surface area contributed by atoms with Gasteiger partial charge in [-0.25, -0.2) is 14.2 Å². The van der Waals surface area contributed by atoms with E-state index in [1.54, 1.807) is 0 Å². The number of benzene rings is 1. The lowest BCUT2D eigenvalue weighted by atomic mass is 10.1. The maximum atomic E-state index is 12.6. The molecule has 0 saturated heterocycles. The van der Waals surface area contributed by atoms with Gasteiger partial charge >= 0.3 is 0 Å². The first-order valence-electron chi connectivity index (χ1n) is 10.5. The van der Waals surface area contributed by atoms with Crippen molar-refractivity contribution in [2.24, 2.45) is 0 Å². The van der Waals surface area contributed by atoms with Crippen LogP contribution in [0, 0.1) is 20.8 Å². The van der Waals surface area contributed by atoms with Crippen molar-refractivity contribution < 1.29 is 4.79 Å². The third-order valence-electron chi connectivity index (χ3n) is 5.70. The molecule has 9 nitrogen and oxygen atoms in total. The Balaban J connectivity index is 1.25. The molecule has 158 valence electrons. The quantitative estimate of drug-likeness (QED) is 0.518. The topological polar surface area (TPSA) is 103 Å². The first kappa shape index (κ1) is 19.3. The summed E-state index contributed by atoms with van der Waals surface area (Å²) in [5.41, 5.74) is 6.50. The third-order valence-corrected chi connectivity index (χ3v) is 5.70. The van der Waals surface area contributed by atoms with E-state index in [9.17, 15) is 4.79 Å². The largest absolute Gasteiger partial charge is 0.326 e. The number of tetrazole rings is 1. The Bertz CT molecular complexity index is 1270. The van der Waals surface area contributed by atoms with Gasteiger partial charge in [0.2, 0.25) is 5.91 Å². The molecule has 31 heavy (non-hydrogen) atoms. The smallest absolute Gasteiger partial charge is 0.224 e. The fraction of sp³-hybridized carbons (Fsp3) is 0.364. The molecule has 1 N–H and O–H groups in total. The molecule has 0 unspecified atom stereocenters. The van der Waals surface area contributed by atoms with E-state index in [1.165, 1.54) is 0 Å². The van der Waals surface area contributed by atoms with E-state index in [0.717, 1.165) is 58.2 Å². The molecule has 3 heterocycles. The Labute approximate surface area is 179 Å². The Morgan fingerprint density at radius 3 is 2.68 bits per heavy atom. The molecular formula is C22H24N8O. The maximum absolute atomic E-state index is 12.6. The lowest BCUT2D eigenvalue weighted by Crippen LogP contribution is -2.14. The Hall–Kier alpha value is -3.62. The molecule has 0 aliphatic heterocycles. The SMILES string of the molecule is Cc1cc2nc(C)c(CCC(=O)Nc3ccc(-c4nnnn4C4CC4)cc3)c(C)n2n1. The Morgan fingerprint density at radius 2 is 1.94 bits per heavy atom. The van der Waals surface area contributed by atoms with Crippen molar-refractivity contribution in [1.29, 1.82) is 0 Å². The third kappa shape index (κ3) is 3.78. The highest BCUT2D eigenvalue weighted by Gasteiger charge is 2.28. The fourth-order valence-electron chi connectivity index (χ4n) is 3.92. The highest BCUT2D eigenvalue weighted by Crippen LogP contribution is 2.36. The number of carbonyl (C=O) groups excluding carboxylic acids is 1. The highest BCUT2D eigenvalue weighted by atomic mass is 16.1. The lowest BCUT2D eigenvalue weighted by Gasteiger charge is -2.11. The average Bonchev–Trinajstić information content (AvgIpc) is 3.34. The predicted octanol–water partition coefficient (Wildman–Crippen LogP) is 3.21. The number of nitrogens with one attached hydrogen (secondary N) is 1. The number of carbonyl (C=O) groups is 1. The Kier molecular flexibility index (Phi) is 4.72. The Morgan fingerprint density at radius 1 is 1.16 bits per heavy atom. The van der Waals surface area contributed by atoms with Crippen LogP contribution in [0.5, 0.6) is 0 Å². The van der Waals surface area contributed by atoms with Gasteiger partial charge in [0.1, 0.15) is 0 Å². The van der Waals surface area contributed by atoms with Crippen molar-refractivity contribution in [2.45, 2.75) is 52.5 Å². The van der Waals surface area contributed by atoms with Crippen LogP contribution in [0.4, 0.5) is 5.69 Å². The summed E-state index contributed by atoms with van der Waals surface area (Å²) >= 11 is 0. The summed E-state index contributed by atoms with van der Waals surface area (Å²) < 4.78 is 3.73. The number of nitrogens with zero attached hydrogens (tertiary/aromatic N) is 7. The van der Waals surface area contributed by atoms with Gasteiger partial charge in [-0.3, -0.25) is 4.79 Å². The molecule has 1 aliphatic carbocycles. The first-order valence-corrected chi connectivity index (χ1v) is 10.5. The number of fused-ring (bicyclic) bond motifs is 1. The van der Waals surface area contributed by atoms with Crippen LogP contribution in [0.25, 0.3) is 17.0 Å². The van der Waals surface area contributed by atoms with Crippen molar-refractivity contribution in [3.05, 3.63) is 53.0 Å². The highest BCUT2D eigenvalue weighted by molar-refractivity contribution is 5.91. The molecule has 1 aromatic carbocycles. The molecular weight excluding hydrogens is 392 g/mol. The summed E-state index contributed by atoms with van der Waals surface area (Å²) in [6.45, 7) is 5.96. The van der Waals surface area contributed by atoms with E-state index in [4.69, 9.17) is 0 Å². The van der Waals surface area contributed by atoms with Crippen LogP contribution in [0.2, 0.25) is 0 Å². The van der Waals surface area contributed by atoms with Gasteiger partial charge in [-0.15, -0.1) is 5.10 Å². The molecule has 3 aromatic heterocycles. The summed E-state index contributed by atoms with van der Waals surface area (Å²) in [6, 6.07) is 10.0. The van der Waals surface area contributed by atoms with Crippen molar-refractivity contribution in [3.63, 3.8) is 0 Å². The van der Waals surface area contributed by atoms with Crippen molar-refractivity contribution in [1.82, 2.24) is 34.8 Å². The van der Waals surface area contributed by atoms with Crippen LogP contribution in [0.1, 0.15) is 47.9 Å². The van der Waals surface area contributed by atoms with Crippen LogP contribution < -0.4 is 5.32 Å². The van der Waals surface area contributed by atoms with Gasteiger partial charge in [0.05, 0.1) is 11.7 Å². The minimum atomic E-state index is -0.0360. The van der Waals surface area contributed by atoms with E-state index in [1.807, 2.05) is 60.3 Å². The zero-order chi connectivity index (χ0) is 21.5. The zero-order valence-corrected chi connectivity index (χ0v) is 17.8. The molecule has 0 radical (unpaired) electrons. The lowest BCUT2D eigenvalue weighted by molar-refractivity contribution is -0.116. The summed E-state index contributed by atoms with van der Waals surface area (Å²) in [7, 11) is 0. The van der Waals surface area contributed by atoms with Crippen LogP contribution in [0.3, 0.4) is 0 Å². The van der Waals surface area contributed by atoms with Gasteiger partial charge in [-0.05, 0) is 80.3 Å². The van der Waals surface area contributed by atoms with Crippen LogP contribution >= 0.6 is 0 Å². The van der Waals surface area contributed by atoms with Crippen LogP contribution in [0.15, 0.2) is 30.3 Å². The van der Waals surface area contributed by atoms with Crippen LogP contribution in [-0.2, 0) is 11.2 Å². The molecule has 1 aliphatic rings. The van der Waals surface area contributed by atoms with Gasteiger partial charge < -0.3 is 5.32 Å². The summed E-state index contributed by atoms with van der Waals surface area (Å²) in [5, 5.41) is 19.5. The molecule has 5 rings (SSSR count). The van der Waals surface area contributed by atoms with E-state index in [0.29, 0.717) is 18.9 Å².